The van der Waals surface area contributed by atoms with Crippen molar-refractivity contribution in [3.63, 3.8) is 0 Å². The van der Waals surface area contributed by atoms with Crippen LogP contribution in [0.4, 0.5) is 0 Å². The van der Waals surface area contributed by atoms with Crippen LogP contribution in [-0.4, -0.2) is 48.9 Å². The molecule has 3 heteroatoms. The van der Waals surface area contributed by atoms with Gasteiger partial charge in [0.2, 0.25) is 5.91 Å². The molecule has 0 heterocycles. The van der Waals surface area contributed by atoms with Crippen LogP contribution in [0.1, 0.15) is 46.0 Å². The van der Waals surface area contributed by atoms with Crippen LogP contribution in [0.5, 0.6) is 0 Å². The second-order valence-electron chi connectivity index (χ2n) is 5.69. The number of nitrogens with zero attached hydrogens (tertiary/aromatic N) is 2. The fourth-order valence-electron chi connectivity index (χ4n) is 2.58. The van der Waals surface area contributed by atoms with Crippen LogP contribution in [0.2, 0.25) is 0 Å². The van der Waals surface area contributed by atoms with E-state index in [-0.39, 0.29) is 5.91 Å². The van der Waals surface area contributed by atoms with Crippen molar-refractivity contribution in [1.29, 1.82) is 0 Å². The lowest BCUT2D eigenvalue weighted by Gasteiger charge is -2.33. The highest BCUT2D eigenvalue weighted by Crippen LogP contribution is 2.26. The molecule has 1 aliphatic rings. The number of rotatable bonds is 5. The summed E-state index contributed by atoms with van der Waals surface area (Å²) in [5.74, 6) is 1.09. The summed E-state index contributed by atoms with van der Waals surface area (Å²) in [7, 11) is 4.11. The SMILES string of the molecule is CC(=O)N(C)CCCN(C)[C@H]1CC[C@H](C)CC1. The molecule has 100 valence electrons. The number of amides is 1. The average Bonchev–Trinajstić information content (AvgIpc) is 2.29. The van der Waals surface area contributed by atoms with Gasteiger partial charge in [0.25, 0.3) is 0 Å². The Morgan fingerprint density at radius 1 is 1.12 bits per heavy atom. The molecule has 0 bridgehead atoms. The third kappa shape index (κ3) is 5.07. The normalized spacial score (nSPS) is 25.0. The summed E-state index contributed by atoms with van der Waals surface area (Å²) in [6, 6.07) is 0.772. The van der Waals surface area contributed by atoms with E-state index in [1.54, 1.807) is 11.8 Å². The zero-order valence-corrected chi connectivity index (χ0v) is 11.9. The quantitative estimate of drug-likeness (QED) is 0.736. The van der Waals surface area contributed by atoms with Crippen molar-refractivity contribution >= 4 is 5.91 Å². The highest BCUT2D eigenvalue weighted by atomic mass is 16.2. The van der Waals surface area contributed by atoms with Gasteiger partial charge in [0, 0.05) is 26.6 Å². The van der Waals surface area contributed by atoms with Crippen LogP contribution in [0.3, 0.4) is 0 Å². The number of carbonyl (C=O) groups excluding carboxylic acids is 1. The molecule has 0 aromatic rings. The minimum atomic E-state index is 0.166. The van der Waals surface area contributed by atoms with Crippen LogP contribution >= 0.6 is 0 Å². The molecule has 1 fully saturated rings. The Bertz CT molecular complexity index is 234. The molecule has 0 aromatic carbocycles. The summed E-state index contributed by atoms with van der Waals surface area (Å²) < 4.78 is 0. The molecule has 17 heavy (non-hydrogen) atoms. The van der Waals surface area contributed by atoms with Gasteiger partial charge in [-0.2, -0.15) is 0 Å². The van der Waals surface area contributed by atoms with Gasteiger partial charge in [-0.05, 0) is 51.6 Å². The molecule has 1 rings (SSSR count). The van der Waals surface area contributed by atoms with E-state index in [0.29, 0.717) is 0 Å². The first-order chi connectivity index (χ1) is 8.00. The molecule has 1 saturated carbocycles. The maximum Gasteiger partial charge on any atom is 0.219 e. The average molecular weight is 240 g/mol. The number of carbonyl (C=O) groups is 1. The van der Waals surface area contributed by atoms with Crippen molar-refractivity contribution in [3.8, 4) is 0 Å². The zero-order chi connectivity index (χ0) is 12.8. The largest absolute Gasteiger partial charge is 0.346 e. The second kappa shape index (κ2) is 7.00. The first kappa shape index (κ1) is 14.5. The van der Waals surface area contributed by atoms with Gasteiger partial charge in [-0.3, -0.25) is 4.79 Å². The fraction of sp³-hybridized carbons (Fsp3) is 0.929. The standard InChI is InChI=1S/C14H28N2O/c1-12-6-8-14(9-7-12)16(4)11-5-10-15(3)13(2)17/h12,14H,5-11H2,1-4H3/t12-,14-. The molecule has 0 N–H and O–H groups in total. The van der Waals surface area contributed by atoms with Crippen molar-refractivity contribution in [2.75, 3.05) is 27.2 Å². The van der Waals surface area contributed by atoms with Crippen molar-refractivity contribution < 1.29 is 4.79 Å². The van der Waals surface area contributed by atoms with Crippen molar-refractivity contribution in [1.82, 2.24) is 9.80 Å². The van der Waals surface area contributed by atoms with Crippen LogP contribution in [0.15, 0.2) is 0 Å². The molecule has 1 aliphatic carbocycles. The van der Waals surface area contributed by atoms with E-state index in [1.165, 1.54) is 25.7 Å². The Labute approximate surface area is 106 Å². The summed E-state index contributed by atoms with van der Waals surface area (Å²) in [6.07, 6.45) is 6.53. The molecular weight excluding hydrogens is 212 g/mol. The molecule has 0 saturated heterocycles. The minimum Gasteiger partial charge on any atom is -0.346 e. The predicted octanol–water partition coefficient (Wildman–Crippen LogP) is 2.37. The number of hydrogen-bond acceptors (Lipinski definition) is 2. The molecular formula is C14H28N2O. The molecule has 0 aliphatic heterocycles. The molecule has 0 unspecified atom stereocenters. The fourth-order valence-corrected chi connectivity index (χ4v) is 2.58. The monoisotopic (exact) mass is 240 g/mol. The summed E-state index contributed by atoms with van der Waals surface area (Å²) in [6.45, 7) is 5.98. The smallest absolute Gasteiger partial charge is 0.219 e. The first-order valence-electron chi connectivity index (χ1n) is 6.92. The second-order valence-corrected chi connectivity index (χ2v) is 5.69. The Balaban J connectivity index is 2.16. The van der Waals surface area contributed by atoms with E-state index in [9.17, 15) is 4.79 Å². The Morgan fingerprint density at radius 2 is 1.71 bits per heavy atom. The summed E-state index contributed by atoms with van der Waals surface area (Å²) >= 11 is 0. The van der Waals surface area contributed by atoms with Gasteiger partial charge in [-0.1, -0.05) is 6.92 Å². The summed E-state index contributed by atoms with van der Waals surface area (Å²) in [5.41, 5.74) is 0. The van der Waals surface area contributed by atoms with Crippen LogP contribution in [0, 0.1) is 5.92 Å². The van der Waals surface area contributed by atoms with E-state index < -0.39 is 0 Å². The molecule has 0 radical (unpaired) electrons. The minimum absolute atomic E-state index is 0.166. The molecule has 0 aromatic heterocycles. The Morgan fingerprint density at radius 3 is 2.24 bits per heavy atom. The van der Waals surface area contributed by atoms with Crippen molar-refractivity contribution in [2.24, 2.45) is 5.92 Å². The topological polar surface area (TPSA) is 23.6 Å². The van der Waals surface area contributed by atoms with Gasteiger partial charge >= 0.3 is 0 Å². The van der Waals surface area contributed by atoms with E-state index in [1.807, 2.05) is 7.05 Å². The molecule has 1 amide bonds. The highest BCUT2D eigenvalue weighted by Gasteiger charge is 2.21. The summed E-state index contributed by atoms with van der Waals surface area (Å²) in [4.78, 5) is 15.4. The maximum absolute atomic E-state index is 11.1. The molecule has 0 spiro atoms. The van der Waals surface area contributed by atoms with Gasteiger partial charge in [-0.25, -0.2) is 0 Å². The highest BCUT2D eigenvalue weighted by molar-refractivity contribution is 5.72. The van der Waals surface area contributed by atoms with Crippen molar-refractivity contribution in [3.05, 3.63) is 0 Å². The van der Waals surface area contributed by atoms with E-state index in [0.717, 1.165) is 31.5 Å². The summed E-state index contributed by atoms with van der Waals surface area (Å²) in [5, 5.41) is 0. The molecule has 3 nitrogen and oxygen atoms in total. The van der Waals surface area contributed by atoms with Crippen molar-refractivity contribution in [2.45, 2.75) is 52.0 Å². The number of hydrogen-bond donors (Lipinski definition) is 0. The zero-order valence-electron chi connectivity index (χ0n) is 11.9. The third-order valence-corrected chi connectivity index (χ3v) is 4.15. The lowest BCUT2D eigenvalue weighted by molar-refractivity contribution is -0.127. The lowest BCUT2D eigenvalue weighted by atomic mass is 9.87. The Kier molecular flexibility index (Phi) is 5.96. The molecule has 0 atom stereocenters. The van der Waals surface area contributed by atoms with Crippen LogP contribution < -0.4 is 0 Å². The van der Waals surface area contributed by atoms with E-state index in [2.05, 4.69) is 18.9 Å². The van der Waals surface area contributed by atoms with E-state index >= 15 is 0 Å². The van der Waals surface area contributed by atoms with Gasteiger partial charge in [0.1, 0.15) is 0 Å². The maximum atomic E-state index is 11.1. The predicted molar refractivity (Wildman–Crippen MR) is 72.0 cm³/mol. The van der Waals surface area contributed by atoms with Gasteiger partial charge in [-0.15, -0.1) is 0 Å². The Hall–Kier alpha value is -0.570. The van der Waals surface area contributed by atoms with Crippen LogP contribution in [-0.2, 0) is 4.79 Å². The van der Waals surface area contributed by atoms with Gasteiger partial charge in [0.15, 0.2) is 0 Å². The lowest BCUT2D eigenvalue weighted by Crippen LogP contribution is -2.37. The first-order valence-corrected chi connectivity index (χ1v) is 6.92. The van der Waals surface area contributed by atoms with Crippen LogP contribution in [0.25, 0.3) is 0 Å². The van der Waals surface area contributed by atoms with Gasteiger partial charge in [0.05, 0.1) is 0 Å². The van der Waals surface area contributed by atoms with Gasteiger partial charge < -0.3 is 9.80 Å². The third-order valence-electron chi connectivity index (χ3n) is 4.15. The van der Waals surface area contributed by atoms with E-state index in [4.69, 9.17) is 0 Å².